The Morgan fingerprint density at radius 3 is 2.67 bits per heavy atom. The first-order valence-corrected chi connectivity index (χ1v) is 5.53. The van der Waals surface area contributed by atoms with E-state index in [0.717, 1.165) is 6.07 Å². The normalized spacial score (nSPS) is 10.3. The highest BCUT2D eigenvalue weighted by Gasteiger charge is 2.12. The van der Waals surface area contributed by atoms with E-state index in [1.807, 2.05) is 0 Å². The highest BCUT2D eigenvalue weighted by atomic mass is 35.5. The van der Waals surface area contributed by atoms with Crippen molar-refractivity contribution in [3.8, 4) is 5.69 Å². The molecule has 7 heteroatoms. The predicted octanol–water partition coefficient (Wildman–Crippen LogP) is 2.24. The molecule has 5 nitrogen and oxygen atoms in total. The van der Waals surface area contributed by atoms with Crippen LogP contribution in [0, 0.1) is 0 Å². The van der Waals surface area contributed by atoms with Gasteiger partial charge in [0, 0.05) is 17.3 Å². The maximum atomic E-state index is 11.3. The fourth-order valence-electron chi connectivity index (χ4n) is 1.35. The number of aromatic nitrogens is 2. The van der Waals surface area contributed by atoms with Crippen molar-refractivity contribution < 1.29 is 9.90 Å². The van der Waals surface area contributed by atoms with E-state index in [4.69, 9.17) is 28.3 Å². The predicted molar refractivity (Wildman–Crippen MR) is 66.8 cm³/mol. The summed E-state index contributed by atoms with van der Waals surface area (Å²) in [6.07, 6.45) is 1.33. The minimum Gasteiger partial charge on any atom is -0.476 e. The van der Waals surface area contributed by atoms with Gasteiger partial charge in [0.15, 0.2) is 0 Å². The number of carbonyl (C=O) groups is 1. The monoisotopic (exact) mass is 284 g/mol. The van der Waals surface area contributed by atoms with E-state index in [1.54, 1.807) is 12.1 Å². The number of hydrogen-bond acceptors (Lipinski definition) is 3. The Bertz CT molecular complexity index is 682. The number of rotatable bonds is 2. The second kappa shape index (κ2) is 4.80. The first-order chi connectivity index (χ1) is 8.49. The summed E-state index contributed by atoms with van der Waals surface area (Å²) in [6, 6.07) is 5.77. The van der Waals surface area contributed by atoms with Crippen LogP contribution >= 0.6 is 23.2 Å². The van der Waals surface area contributed by atoms with E-state index in [1.165, 1.54) is 16.9 Å². The van der Waals surface area contributed by atoms with Crippen LogP contribution in [0.4, 0.5) is 0 Å². The highest BCUT2D eigenvalue weighted by molar-refractivity contribution is 6.34. The molecule has 2 aromatic rings. The number of hydrogen-bond donors (Lipinski definition) is 1. The number of nitrogens with zero attached hydrogens (tertiary/aromatic N) is 2. The van der Waals surface area contributed by atoms with Gasteiger partial charge in [-0.2, -0.15) is 5.10 Å². The van der Waals surface area contributed by atoms with Gasteiger partial charge in [-0.05, 0) is 18.2 Å². The smallest absolute Gasteiger partial charge is 0.360 e. The van der Waals surface area contributed by atoms with Crippen LogP contribution in [0.5, 0.6) is 0 Å². The summed E-state index contributed by atoms with van der Waals surface area (Å²) < 4.78 is 1.19. The average molecular weight is 285 g/mol. The zero-order chi connectivity index (χ0) is 13.3. The average Bonchev–Trinajstić information content (AvgIpc) is 2.33. The molecule has 0 unspecified atom stereocenters. The van der Waals surface area contributed by atoms with E-state index in [2.05, 4.69) is 5.10 Å². The number of carboxylic acid groups (broad SMARTS) is 1. The maximum absolute atomic E-state index is 11.3. The number of benzene rings is 1. The van der Waals surface area contributed by atoms with Gasteiger partial charge in [0.2, 0.25) is 11.1 Å². The maximum Gasteiger partial charge on any atom is 0.360 e. The largest absolute Gasteiger partial charge is 0.476 e. The summed E-state index contributed by atoms with van der Waals surface area (Å²) in [5.41, 5.74) is -0.850. The second-order valence-corrected chi connectivity index (χ2v) is 4.22. The minimum atomic E-state index is -1.40. The fourth-order valence-corrected chi connectivity index (χ4v) is 1.72. The summed E-state index contributed by atoms with van der Waals surface area (Å²) in [6.45, 7) is 0. The Balaban J connectivity index is 2.65. The Morgan fingerprint density at radius 2 is 2.00 bits per heavy atom. The first-order valence-electron chi connectivity index (χ1n) is 4.78. The van der Waals surface area contributed by atoms with Crippen molar-refractivity contribution in [2.75, 3.05) is 0 Å². The summed E-state index contributed by atoms with van der Waals surface area (Å²) in [7, 11) is 0. The summed E-state index contributed by atoms with van der Waals surface area (Å²) in [5, 5.41) is 13.3. The molecule has 1 aromatic carbocycles. The topological polar surface area (TPSA) is 72.2 Å². The lowest BCUT2D eigenvalue weighted by Gasteiger charge is -2.08. The van der Waals surface area contributed by atoms with Crippen molar-refractivity contribution >= 4 is 29.2 Å². The SMILES string of the molecule is O=C(O)c1nn(-c2cc(Cl)ccc2Cl)ccc1=O. The molecule has 0 spiro atoms. The number of aromatic carboxylic acids is 1. The van der Waals surface area contributed by atoms with Crippen molar-refractivity contribution in [2.24, 2.45) is 0 Å². The van der Waals surface area contributed by atoms with Gasteiger partial charge in [0.25, 0.3) is 0 Å². The van der Waals surface area contributed by atoms with Crippen LogP contribution in [0.15, 0.2) is 35.3 Å². The van der Waals surface area contributed by atoms with Crippen molar-refractivity contribution in [3.63, 3.8) is 0 Å². The van der Waals surface area contributed by atoms with Crippen LogP contribution in [-0.2, 0) is 0 Å². The Morgan fingerprint density at radius 1 is 1.28 bits per heavy atom. The van der Waals surface area contributed by atoms with Gasteiger partial charge >= 0.3 is 5.97 Å². The summed E-state index contributed by atoms with van der Waals surface area (Å²) in [5.74, 6) is -1.40. The quantitative estimate of drug-likeness (QED) is 0.918. The molecule has 0 radical (unpaired) electrons. The molecule has 0 aliphatic carbocycles. The molecular formula is C11H6Cl2N2O3. The van der Waals surface area contributed by atoms with Crippen LogP contribution < -0.4 is 5.43 Å². The van der Waals surface area contributed by atoms with E-state index in [-0.39, 0.29) is 0 Å². The Labute approximate surface area is 111 Å². The van der Waals surface area contributed by atoms with Crippen molar-refractivity contribution in [2.45, 2.75) is 0 Å². The van der Waals surface area contributed by atoms with Crippen molar-refractivity contribution in [1.82, 2.24) is 9.78 Å². The molecule has 2 rings (SSSR count). The van der Waals surface area contributed by atoms with Crippen molar-refractivity contribution in [3.05, 3.63) is 56.4 Å². The zero-order valence-electron chi connectivity index (χ0n) is 8.80. The van der Waals surface area contributed by atoms with Crippen molar-refractivity contribution in [1.29, 1.82) is 0 Å². The minimum absolute atomic E-state index is 0.340. The standard InChI is InChI=1S/C11H6Cl2N2O3/c12-6-1-2-7(13)8(5-6)15-4-3-9(16)10(14-15)11(17)18/h1-5H,(H,17,18). The van der Waals surface area contributed by atoms with Crippen LogP contribution in [-0.4, -0.2) is 20.9 Å². The molecule has 0 aliphatic heterocycles. The third kappa shape index (κ3) is 2.37. The molecule has 0 saturated heterocycles. The third-order valence-electron chi connectivity index (χ3n) is 2.17. The van der Waals surface area contributed by atoms with Crippen LogP contribution in [0.25, 0.3) is 5.69 Å². The molecule has 0 atom stereocenters. The van der Waals surface area contributed by atoms with Crippen LogP contribution in [0.1, 0.15) is 10.5 Å². The van der Waals surface area contributed by atoms with Gasteiger partial charge in [-0.15, -0.1) is 0 Å². The lowest BCUT2D eigenvalue weighted by atomic mass is 10.3. The molecular weight excluding hydrogens is 279 g/mol. The summed E-state index contributed by atoms with van der Waals surface area (Å²) in [4.78, 5) is 22.1. The summed E-state index contributed by atoms with van der Waals surface area (Å²) >= 11 is 11.8. The fraction of sp³-hybridized carbons (Fsp3) is 0. The molecule has 0 aliphatic rings. The lowest BCUT2D eigenvalue weighted by molar-refractivity contribution is 0.0687. The van der Waals surface area contributed by atoms with Gasteiger partial charge in [-0.25, -0.2) is 9.48 Å². The lowest BCUT2D eigenvalue weighted by Crippen LogP contribution is -2.20. The molecule has 1 aromatic heterocycles. The van der Waals surface area contributed by atoms with Gasteiger partial charge < -0.3 is 5.11 Å². The van der Waals surface area contributed by atoms with Gasteiger partial charge in [0.1, 0.15) is 0 Å². The van der Waals surface area contributed by atoms with E-state index in [9.17, 15) is 9.59 Å². The van der Waals surface area contributed by atoms with Gasteiger partial charge in [-0.1, -0.05) is 23.2 Å². The van der Waals surface area contributed by atoms with Crippen LogP contribution in [0.2, 0.25) is 10.0 Å². The third-order valence-corrected chi connectivity index (χ3v) is 2.72. The first kappa shape index (κ1) is 12.6. The molecule has 0 amide bonds. The molecule has 0 fully saturated rings. The van der Waals surface area contributed by atoms with Gasteiger partial charge in [-0.3, -0.25) is 4.79 Å². The molecule has 1 heterocycles. The number of halogens is 2. The molecule has 0 bridgehead atoms. The van der Waals surface area contributed by atoms with E-state index >= 15 is 0 Å². The highest BCUT2D eigenvalue weighted by Crippen LogP contribution is 2.23. The zero-order valence-corrected chi connectivity index (χ0v) is 10.3. The van der Waals surface area contributed by atoms with Crippen LogP contribution in [0.3, 0.4) is 0 Å². The van der Waals surface area contributed by atoms with E-state index in [0.29, 0.717) is 15.7 Å². The Hall–Kier alpha value is -1.85. The molecule has 1 N–H and O–H groups in total. The molecule has 18 heavy (non-hydrogen) atoms. The molecule has 0 saturated carbocycles. The number of carboxylic acids is 1. The van der Waals surface area contributed by atoms with Gasteiger partial charge in [0.05, 0.1) is 10.7 Å². The second-order valence-electron chi connectivity index (χ2n) is 3.37. The Kier molecular flexibility index (Phi) is 3.36. The van der Waals surface area contributed by atoms with E-state index < -0.39 is 17.1 Å². The molecule has 92 valence electrons.